The zero-order chi connectivity index (χ0) is 6.48. The number of halogens is 2. The quantitative estimate of drug-likeness (QED) is 0.522. The highest BCUT2D eigenvalue weighted by atomic mass is 19.3. The highest BCUT2D eigenvalue weighted by molar-refractivity contribution is 5.02. The van der Waals surface area contributed by atoms with Crippen molar-refractivity contribution in [3.8, 4) is 0 Å². The topological polar surface area (TPSA) is 12.0 Å². The van der Waals surface area contributed by atoms with Gasteiger partial charge in [0.2, 0.25) is 0 Å². The molecule has 0 radical (unpaired) electrons. The van der Waals surface area contributed by atoms with Crippen LogP contribution in [-0.2, 0) is 0 Å². The van der Waals surface area contributed by atoms with Crippen molar-refractivity contribution in [2.24, 2.45) is 0 Å². The fourth-order valence-electron chi connectivity index (χ4n) is 1.78. The maximum absolute atomic E-state index is 12.6. The van der Waals surface area contributed by atoms with Gasteiger partial charge in [0.15, 0.2) is 0 Å². The summed E-state index contributed by atoms with van der Waals surface area (Å²) in [6.45, 7) is 0. The molecular formula is C6H9F2N. The van der Waals surface area contributed by atoms with Gasteiger partial charge in [-0.15, -0.1) is 0 Å². The molecule has 0 aromatic heterocycles. The van der Waals surface area contributed by atoms with Gasteiger partial charge >= 0.3 is 0 Å². The van der Waals surface area contributed by atoms with E-state index in [2.05, 4.69) is 5.32 Å². The SMILES string of the molecule is FC1(F)C[C@H]2CC[C@H]1N2. The fourth-order valence-corrected chi connectivity index (χ4v) is 1.78. The summed E-state index contributed by atoms with van der Waals surface area (Å²) in [6, 6.07) is -0.382. The molecule has 2 atom stereocenters. The summed E-state index contributed by atoms with van der Waals surface area (Å²) >= 11 is 0. The second-order valence-corrected chi connectivity index (χ2v) is 2.96. The lowest BCUT2D eigenvalue weighted by Crippen LogP contribution is -2.32. The van der Waals surface area contributed by atoms with Gasteiger partial charge in [0.05, 0.1) is 6.04 Å². The molecule has 2 saturated heterocycles. The van der Waals surface area contributed by atoms with Gasteiger partial charge in [-0.1, -0.05) is 0 Å². The van der Waals surface area contributed by atoms with Crippen LogP contribution < -0.4 is 5.32 Å². The van der Waals surface area contributed by atoms with E-state index in [-0.39, 0.29) is 12.5 Å². The number of alkyl halides is 2. The molecule has 2 heterocycles. The van der Waals surface area contributed by atoms with Crippen LogP contribution in [0.2, 0.25) is 0 Å². The monoisotopic (exact) mass is 133 g/mol. The van der Waals surface area contributed by atoms with Gasteiger partial charge in [0.1, 0.15) is 0 Å². The predicted octanol–water partition coefficient (Wildman–Crippen LogP) is 1.15. The Morgan fingerprint density at radius 3 is 2.33 bits per heavy atom. The minimum absolute atomic E-state index is 0.0671. The molecule has 0 aromatic rings. The van der Waals surface area contributed by atoms with E-state index in [4.69, 9.17) is 0 Å². The van der Waals surface area contributed by atoms with Crippen molar-refractivity contribution >= 4 is 0 Å². The van der Waals surface area contributed by atoms with E-state index in [0.717, 1.165) is 6.42 Å². The van der Waals surface area contributed by atoms with E-state index < -0.39 is 12.0 Å². The standard InChI is InChI=1S/C6H9F2N/c7-6(8)3-4-1-2-5(6)9-4/h4-5,9H,1-3H2/t4-,5-/m1/s1. The second kappa shape index (κ2) is 1.45. The van der Waals surface area contributed by atoms with Crippen LogP contribution in [0, 0.1) is 0 Å². The van der Waals surface area contributed by atoms with Crippen molar-refractivity contribution in [1.82, 2.24) is 5.32 Å². The van der Waals surface area contributed by atoms with E-state index in [1.54, 1.807) is 0 Å². The summed E-state index contributed by atoms with van der Waals surface area (Å²) in [7, 11) is 0. The van der Waals surface area contributed by atoms with E-state index in [1.165, 1.54) is 0 Å². The molecule has 2 bridgehead atoms. The lowest BCUT2D eigenvalue weighted by Gasteiger charge is -2.18. The molecule has 0 aliphatic carbocycles. The van der Waals surface area contributed by atoms with Crippen LogP contribution in [0.5, 0.6) is 0 Å². The van der Waals surface area contributed by atoms with Gasteiger partial charge in [-0.3, -0.25) is 0 Å². The molecule has 1 N–H and O–H groups in total. The minimum atomic E-state index is -2.40. The molecule has 0 saturated carbocycles. The molecule has 2 aliphatic heterocycles. The maximum Gasteiger partial charge on any atom is 0.264 e. The van der Waals surface area contributed by atoms with E-state index in [0.29, 0.717) is 6.42 Å². The number of nitrogens with one attached hydrogen (secondary N) is 1. The van der Waals surface area contributed by atoms with E-state index in [1.807, 2.05) is 0 Å². The van der Waals surface area contributed by atoms with Crippen LogP contribution >= 0.6 is 0 Å². The smallest absolute Gasteiger partial charge is 0.264 e. The van der Waals surface area contributed by atoms with Crippen molar-refractivity contribution in [2.45, 2.75) is 37.3 Å². The summed E-state index contributed by atoms with van der Waals surface area (Å²) < 4.78 is 25.2. The minimum Gasteiger partial charge on any atom is -0.306 e. The van der Waals surface area contributed by atoms with Gasteiger partial charge < -0.3 is 5.32 Å². The van der Waals surface area contributed by atoms with Gasteiger partial charge in [-0.2, -0.15) is 0 Å². The van der Waals surface area contributed by atoms with Crippen LogP contribution in [-0.4, -0.2) is 18.0 Å². The number of fused-ring (bicyclic) bond motifs is 2. The molecule has 0 aromatic carbocycles. The van der Waals surface area contributed by atoms with Crippen molar-refractivity contribution in [1.29, 1.82) is 0 Å². The Morgan fingerprint density at radius 1 is 1.33 bits per heavy atom. The van der Waals surface area contributed by atoms with Crippen LogP contribution in [0.4, 0.5) is 8.78 Å². The predicted molar refractivity (Wildman–Crippen MR) is 29.5 cm³/mol. The Labute approximate surface area is 52.4 Å². The van der Waals surface area contributed by atoms with Crippen LogP contribution in [0.25, 0.3) is 0 Å². The van der Waals surface area contributed by atoms with Gasteiger partial charge in [-0.25, -0.2) is 8.78 Å². The molecule has 0 spiro atoms. The Kier molecular flexibility index (Phi) is 0.903. The molecule has 3 heteroatoms. The van der Waals surface area contributed by atoms with Gasteiger partial charge in [-0.05, 0) is 12.8 Å². The first-order chi connectivity index (χ1) is 4.18. The molecule has 0 unspecified atom stereocenters. The third kappa shape index (κ3) is 0.674. The average Bonchev–Trinajstić information content (AvgIpc) is 2.19. The summed E-state index contributed by atoms with van der Waals surface area (Å²) in [5, 5.41) is 2.87. The first kappa shape index (κ1) is 5.59. The zero-order valence-electron chi connectivity index (χ0n) is 5.03. The van der Waals surface area contributed by atoms with Crippen molar-refractivity contribution in [3.63, 3.8) is 0 Å². The summed E-state index contributed by atoms with van der Waals surface area (Å²) in [6.07, 6.45) is 1.68. The summed E-state index contributed by atoms with van der Waals surface area (Å²) in [5.41, 5.74) is 0. The molecule has 9 heavy (non-hydrogen) atoms. The molecule has 2 fully saturated rings. The summed E-state index contributed by atoms with van der Waals surface area (Å²) in [4.78, 5) is 0. The zero-order valence-corrected chi connectivity index (χ0v) is 5.03. The average molecular weight is 133 g/mol. The van der Waals surface area contributed by atoms with E-state index >= 15 is 0 Å². The maximum atomic E-state index is 12.6. The largest absolute Gasteiger partial charge is 0.306 e. The van der Waals surface area contributed by atoms with Crippen molar-refractivity contribution in [2.75, 3.05) is 0 Å². The van der Waals surface area contributed by atoms with Crippen LogP contribution in [0.1, 0.15) is 19.3 Å². The number of rotatable bonds is 0. The molecule has 0 amide bonds. The van der Waals surface area contributed by atoms with Crippen LogP contribution in [0.15, 0.2) is 0 Å². The molecule has 2 rings (SSSR count). The third-order valence-electron chi connectivity index (χ3n) is 2.27. The molecule has 1 nitrogen and oxygen atoms in total. The first-order valence-electron chi connectivity index (χ1n) is 3.32. The second-order valence-electron chi connectivity index (χ2n) is 2.96. The fraction of sp³-hybridized carbons (Fsp3) is 1.00. The third-order valence-corrected chi connectivity index (χ3v) is 2.27. The Hall–Kier alpha value is -0.180. The van der Waals surface area contributed by atoms with Gasteiger partial charge in [0, 0.05) is 12.5 Å². The number of hydrogen-bond acceptors (Lipinski definition) is 1. The highest BCUT2D eigenvalue weighted by Crippen LogP contribution is 2.40. The molecule has 52 valence electrons. The Bertz CT molecular complexity index is 135. The molecular weight excluding hydrogens is 124 g/mol. The van der Waals surface area contributed by atoms with Gasteiger partial charge in [0.25, 0.3) is 5.92 Å². The van der Waals surface area contributed by atoms with Crippen LogP contribution in [0.3, 0.4) is 0 Å². The van der Waals surface area contributed by atoms with Crippen molar-refractivity contribution < 1.29 is 8.78 Å². The number of hydrogen-bond donors (Lipinski definition) is 1. The highest BCUT2D eigenvalue weighted by Gasteiger charge is 2.52. The first-order valence-corrected chi connectivity index (χ1v) is 3.32. The Balaban J connectivity index is 2.18. The Morgan fingerprint density at radius 2 is 2.11 bits per heavy atom. The lowest BCUT2D eigenvalue weighted by molar-refractivity contribution is -0.0219. The lowest BCUT2D eigenvalue weighted by atomic mass is 9.97. The van der Waals surface area contributed by atoms with E-state index in [9.17, 15) is 8.78 Å². The van der Waals surface area contributed by atoms with Crippen molar-refractivity contribution in [3.05, 3.63) is 0 Å². The normalized spacial score (nSPS) is 46.0. The summed E-state index contributed by atoms with van der Waals surface area (Å²) in [5.74, 6) is -2.40. The molecule has 2 aliphatic rings.